The molecule has 3 aliphatic heterocycles. The van der Waals surface area contributed by atoms with E-state index in [1.54, 1.807) is 21.3 Å². The second-order valence-corrected chi connectivity index (χ2v) is 12.6. The first-order chi connectivity index (χ1) is 20.5. The average molecular weight is 583 g/mol. The first kappa shape index (κ1) is 26.7. The van der Waals surface area contributed by atoms with Gasteiger partial charge >= 0.3 is 0 Å². The molecule has 3 aliphatic rings. The molecule has 214 valence electrons. The van der Waals surface area contributed by atoms with Crippen molar-refractivity contribution in [1.82, 2.24) is 25.2 Å². The minimum atomic E-state index is -0.883. The summed E-state index contributed by atoms with van der Waals surface area (Å²) in [6.45, 7) is -0.287. The number of carbonyl (C=O) groups excluding carboxylic acids is 3. The Morgan fingerprint density at radius 1 is 1.00 bits per heavy atom. The van der Waals surface area contributed by atoms with Crippen LogP contribution in [-0.2, 0) is 21.1 Å². The Bertz CT molecular complexity index is 1650. The Morgan fingerprint density at radius 3 is 2.48 bits per heavy atom. The first-order valence-corrected chi connectivity index (χ1v) is 15.0. The molecular formula is C31H30N6O4S. The van der Waals surface area contributed by atoms with Gasteiger partial charge < -0.3 is 20.6 Å². The highest BCUT2D eigenvalue weighted by Gasteiger charge is 2.74. The molecule has 4 aromatic rings. The Kier molecular flexibility index (Phi) is 6.70. The number of hydrogen-bond acceptors (Lipinski definition) is 7. The van der Waals surface area contributed by atoms with Gasteiger partial charge in [-0.15, -0.1) is 16.9 Å². The van der Waals surface area contributed by atoms with Crippen LogP contribution in [0.25, 0.3) is 11.0 Å². The van der Waals surface area contributed by atoms with Gasteiger partial charge in [-0.1, -0.05) is 65.9 Å². The number of aliphatic hydroxyl groups is 1. The summed E-state index contributed by atoms with van der Waals surface area (Å²) in [5.74, 6) is -2.10. The molecule has 1 spiro atoms. The molecule has 3 saturated heterocycles. The van der Waals surface area contributed by atoms with Crippen LogP contribution in [0.15, 0.2) is 84.9 Å². The van der Waals surface area contributed by atoms with Gasteiger partial charge in [0.2, 0.25) is 17.7 Å². The van der Waals surface area contributed by atoms with E-state index in [0.29, 0.717) is 17.6 Å². The topological polar surface area (TPSA) is 129 Å². The molecule has 2 unspecified atom stereocenters. The fourth-order valence-corrected chi connectivity index (χ4v) is 9.29. The Hall–Kier alpha value is -4.22. The van der Waals surface area contributed by atoms with Crippen LogP contribution < -0.4 is 10.6 Å². The predicted octanol–water partition coefficient (Wildman–Crippen LogP) is 2.97. The quantitative estimate of drug-likeness (QED) is 0.291. The number of thioether (sulfide) groups is 1. The van der Waals surface area contributed by atoms with Crippen LogP contribution >= 0.6 is 11.8 Å². The Balaban J connectivity index is 1.24. The smallest absolute Gasteiger partial charge is 0.245 e. The molecule has 3 N–H and O–H groups in total. The van der Waals surface area contributed by atoms with Crippen molar-refractivity contribution >= 4 is 46.2 Å². The molecule has 6 atom stereocenters. The normalized spacial score (nSPS) is 26.8. The molecule has 0 aliphatic carbocycles. The zero-order chi connectivity index (χ0) is 28.8. The van der Waals surface area contributed by atoms with Crippen LogP contribution in [-0.4, -0.2) is 65.4 Å². The standard InChI is InChI=1S/C31H30N6O4S/c38-17-23(19-9-3-1-4-10-19)37-27(29(40)32-18-36-22-14-8-7-13-21(22)34-35-36)31-16-15-24(42-31)25(26(31)30(37)41)28(39)33-20-11-5-2-6-12-20/h1-14,23-27,38H,15-18H2,(H,32,40)(H,33,39)/t23-,24-,25+,26+,27?,31?/m1/s1. The monoisotopic (exact) mass is 582 g/mol. The van der Waals surface area contributed by atoms with Crippen LogP contribution in [0.2, 0.25) is 0 Å². The number of hydrogen-bond donors (Lipinski definition) is 3. The lowest BCUT2D eigenvalue weighted by atomic mass is 9.70. The number of para-hydroxylation sites is 2. The Labute approximate surface area is 246 Å². The lowest BCUT2D eigenvalue weighted by Crippen LogP contribution is -2.54. The van der Waals surface area contributed by atoms with Gasteiger partial charge in [-0.25, -0.2) is 4.68 Å². The Morgan fingerprint density at radius 2 is 1.71 bits per heavy atom. The van der Waals surface area contributed by atoms with Crippen LogP contribution in [0.3, 0.4) is 0 Å². The number of aliphatic hydroxyl groups excluding tert-OH is 1. The zero-order valence-corrected chi connectivity index (χ0v) is 23.5. The van der Waals surface area contributed by atoms with Gasteiger partial charge in [0.15, 0.2) is 0 Å². The third-order valence-electron chi connectivity index (χ3n) is 8.85. The summed E-state index contributed by atoms with van der Waals surface area (Å²) in [4.78, 5) is 43.9. The van der Waals surface area contributed by atoms with E-state index in [4.69, 9.17) is 0 Å². The predicted molar refractivity (Wildman–Crippen MR) is 158 cm³/mol. The van der Waals surface area contributed by atoms with Crippen LogP contribution in [0, 0.1) is 11.8 Å². The molecule has 1 aromatic heterocycles. The highest BCUT2D eigenvalue weighted by molar-refractivity contribution is 8.02. The maximum atomic E-state index is 14.4. The van der Waals surface area contributed by atoms with E-state index in [1.807, 2.05) is 84.9 Å². The summed E-state index contributed by atoms with van der Waals surface area (Å²) >= 11 is 1.59. The lowest BCUT2D eigenvalue weighted by Gasteiger charge is -2.37. The van der Waals surface area contributed by atoms with Gasteiger partial charge in [0.25, 0.3) is 0 Å². The van der Waals surface area contributed by atoms with Gasteiger partial charge in [0.05, 0.1) is 34.7 Å². The van der Waals surface area contributed by atoms with Crippen LogP contribution in [0.1, 0.15) is 24.4 Å². The third kappa shape index (κ3) is 4.18. The SMILES string of the molecule is O=C(NCn1nnc2ccccc21)C1N([C@H](CO)c2ccccc2)C(=O)[C@@H]2[C@@H](C(=O)Nc3ccccc3)[C@H]3CCC12S3. The van der Waals surface area contributed by atoms with Crippen molar-refractivity contribution in [2.75, 3.05) is 11.9 Å². The molecule has 42 heavy (non-hydrogen) atoms. The number of benzene rings is 3. The van der Waals surface area contributed by atoms with Gasteiger partial charge in [-0.05, 0) is 42.7 Å². The summed E-state index contributed by atoms with van der Waals surface area (Å²) in [5.41, 5.74) is 2.89. The number of likely N-dealkylation sites (tertiary alicyclic amines) is 1. The fraction of sp³-hybridized carbons (Fsp3) is 0.323. The summed E-state index contributed by atoms with van der Waals surface area (Å²) in [7, 11) is 0. The van der Waals surface area contributed by atoms with Gasteiger partial charge in [-0.2, -0.15) is 0 Å². The number of carbonyl (C=O) groups is 3. The first-order valence-electron chi connectivity index (χ1n) is 14.1. The third-order valence-corrected chi connectivity index (χ3v) is 10.8. The van der Waals surface area contributed by atoms with Crippen LogP contribution in [0.4, 0.5) is 5.69 Å². The summed E-state index contributed by atoms with van der Waals surface area (Å²) in [5, 5.41) is 24.9. The van der Waals surface area contributed by atoms with Crippen molar-refractivity contribution in [3.63, 3.8) is 0 Å². The molecule has 3 amide bonds. The van der Waals surface area contributed by atoms with E-state index >= 15 is 0 Å². The molecule has 3 aromatic carbocycles. The molecule has 2 bridgehead atoms. The van der Waals surface area contributed by atoms with E-state index in [1.165, 1.54) is 0 Å². The van der Waals surface area contributed by atoms with Crippen LogP contribution in [0.5, 0.6) is 0 Å². The van der Waals surface area contributed by atoms with Gasteiger partial charge in [0, 0.05) is 10.9 Å². The number of aromatic nitrogens is 3. The molecule has 10 nitrogen and oxygen atoms in total. The number of nitrogens with zero attached hydrogens (tertiary/aromatic N) is 4. The molecule has 11 heteroatoms. The molecule has 0 saturated carbocycles. The maximum absolute atomic E-state index is 14.4. The average Bonchev–Trinajstić information content (AvgIpc) is 3.77. The molecule has 3 fully saturated rings. The zero-order valence-electron chi connectivity index (χ0n) is 22.7. The van der Waals surface area contributed by atoms with Gasteiger partial charge in [-0.3, -0.25) is 14.4 Å². The second kappa shape index (κ2) is 10.6. The molecule has 7 rings (SSSR count). The van der Waals surface area contributed by atoms with E-state index in [9.17, 15) is 19.5 Å². The summed E-state index contributed by atoms with van der Waals surface area (Å²) < 4.78 is 0.816. The summed E-state index contributed by atoms with van der Waals surface area (Å²) in [6.07, 6.45) is 1.35. The minimum absolute atomic E-state index is 0.0692. The van der Waals surface area contributed by atoms with Crippen molar-refractivity contribution in [2.45, 2.75) is 41.6 Å². The molecule has 0 radical (unpaired) electrons. The van der Waals surface area contributed by atoms with Crippen molar-refractivity contribution in [2.24, 2.45) is 11.8 Å². The van der Waals surface area contributed by atoms with Gasteiger partial charge in [0.1, 0.15) is 18.2 Å². The van der Waals surface area contributed by atoms with E-state index < -0.39 is 28.7 Å². The maximum Gasteiger partial charge on any atom is 0.245 e. The lowest BCUT2D eigenvalue weighted by molar-refractivity contribution is -0.142. The second-order valence-electron chi connectivity index (χ2n) is 11.0. The van der Waals surface area contributed by atoms with E-state index in [2.05, 4.69) is 20.9 Å². The van der Waals surface area contributed by atoms with Crippen molar-refractivity contribution in [3.8, 4) is 0 Å². The number of fused-ring (bicyclic) bond motifs is 2. The number of anilines is 1. The number of nitrogens with one attached hydrogen (secondary N) is 2. The number of rotatable bonds is 8. The van der Waals surface area contributed by atoms with E-state index in [-0.39, 0.29) is 36.2 Å². The van der Waals surface area contributed by atoms with Crippen molar-refractivity contribution in [1.29, 1.82) is 0 Å². The molecular weight excluding hydrogens is 552 g/mol. The summed E-state index contributed by atoms with van der Waals surface area (Å²) in [6, 6.07) is 24.3. The number of amides is 3. The minimum Gasteiger partial charge on any atom is -0.394 e. The fourth-order valence-electron chi connectivity index (χ4n) is 7.09. The van der Waals surface area contributed by atoms with Crippen molar-refractivity contribution < 1.29 is 19.5 Å². The highest BCUT2D eigenvalue weighted by atomic mass is 32.2. The van der Waals surface area contributed by atoms with Crippen molar-refractivity contribution in [3.05, 3.63) is 90.5 Å². The van der Waals surface area contributed by atoms with E-state index in [0.717, 1.165) is 17.5 Å². The largest absolute Gasteiger partial charge is 0.394 e. The highest BCUT2D eigenvalue weighted by Crippen LogP contribution is 2.67. The molecule has 4 heterocycles.